The van der Waals surface area contributed by atoms with Crippen LogP contribution in [0.1, 0.15) is 26.7 Å². The topological polar surface area (TPSA) is 52.5 Å². The molecule has 3 nitrogen and oxygen atoms in total. The molecular formula is C9H21NO2. The minimum Gasteiger partial charge on any atom is -0.394 e. The summed E-state index contributed by atoms with van der Waals surface area (Å²) in [6.45, 7) is 5.60. The quantitative estimate of drug-likeness (QED) is 0.524. The van der Waals surface area contributed by atoms with E-state index in [-0.39, 0.29) is 6.61 Å². The molecule has 0 aromatic carbocycles. The van der Waals surface area contributed by atoms with E-state index in [4.69, 9.17) is 10.2 Å². The summed E-state index contributed by atoms with van der Waals surface area (Å²) in [7, 11) is 0. The molecule has 0 amide bonds. The third kappa shape index (κ3) is 5.52. The molecule has 0 saturated carbocycles. The number of aliphatic hydroxyl groups is 2. The molecule has 74 valence electrons. The molecule has 0 aliphatic rings. The summed E-state index contributed by atoms with van der Waals surface area (Å²) in [6, 6.07) is 0. The van der Waals surface area contributed by atoms with E-state index in [9.17, 15) is 0 Å². The number of hydrogen-bond acceptors (Lipinski definition) is 3. The monoisotopic (exact) mass is 175 g/mol. The molecule has 3 heteroatoms. The summed E-state index contributed by atoms with van der Waals surface area (Å²) in [5.41, 5.74) is 0. The van der Waals surface area contributed by atoms with E-state index < -0.39 is 6.10 Å². The highest BCUT2D eigenvalue weighted by Gasteiger charge is 2.04. The lowest BCUT2D eigenvalue weighted by atomic mass is 10.0. The van der Waals surface area contributed by atoms with Crippen molar-refractivity contribution < 1.29 is 10.2 Å². The maximum absolute atomic E-state index is 9.00. The molecule has 3 N–H and O–H groups in total. The first-order valence-electron chi connectivity index (χ1n) is 4.74. The third-order valence-corrected chi connectivity index (χ3v) is 2.18. The first kappa shape index (κ1) is 11.9. The molecule has 0 fully saturated rings. The van der Waals surface area contributed by atoms with Gasteiger partial charge in [-0.1, -0.05) is 26.7 Å². The number of rotatable bonds is 7. The maximum atomic E-state index is 9.00. The van der Waals surface area contributed by atoms with Gasteiger partial charge in [0.25, 0.3) is 0 Å². The summed E-state index contributed by atoms with van der Waals surface area (Å²) in [5.74, 6) is 0.691. The lowest BCUT2D eigenvalue weighted by Gasteiger charge is -2.14. The van der Waals surface area contributed by atoms with Gasteiger partial charge in [0, 0.05) is 6.54 Å². The highest BCUT2D eigenvalue weighted by molar-refractivity contribution is 4.62. The van der Waals surface area contributed by atoms with Gasteiger partial charge in [-0.25, -0.2) is 0 Å². The van der Waals surface area contributed by atoms with E-state index in [2.05, 4.69) is 19.2 Å². The average Bonchev–Trinajstić information content (AvgIpc) is 2.12. The maximum Gasteiger partial charge on any atom is 0.0894 e. The van der Waals surface area contributed by atoms with E-state index in [1.165, 1.54) is 12.8 Å². The molecule has 0 unspecified atom stereocenters. The molecule has 0 spiro atoms. The first-order chi connectivity index (χ1) is 5.74. The van der Waals surface area contributed by atoms with Crippen molar-refractivity contribution in [3.63, 3.8) is 0 Å². The second-order valence-electron chi connectivity index (χ2n) is 3.18. The third-order valence-electron chi connectivity index (χ3n) is 2.18. The summed E-state index contributed by atoms with van der Waals surface area (Å²) in [4.78, 5) is 0. The van der Waals surface area contributed by atoms with Crippen LogP contribution < -0.4 is 5.32 Å². The molecule has 0 heterocycles. The number of nitrogens with one attached hydrogen (secondary N) is 1. The van der Waals surface area contributed by atoms with Crippen molar-refractivity contribution in [3.8, 4) is 0 Å². The molecule has 0 aromatic rings. The fourth-order valence-electron chi connectivity index (χ4n) is 1.10. The van der Waals surface area contributed by atoms with E-state index in [1.54, 1.807) is 0 Å². The summed E-state index contributed by atoms with van der Waals surface area (Å²) < 4.78 is 0. The Balaban J connectivity index is 3.28. The van der Waals surface area contributed by atoms with Crippen molar-refractivity contribution in [2.75, 3.05) is 19.7 Å². The van der Waals surface area contributed by atoms with E-state index >= 15 is 0 Å². The van der Waals surface area contributed by atoms with Gasteiger partial charge in [0.15, 0.2) is 0 Å². The Morgan fingerprint density at radius 2 is 1.75 bits per heavy atom. The summed E-state index contributed by atoms with van der Waals surface area (Å²) in [5, 5.41) is 20.7. The van der Waals surface area contributed by atoms with Crippen LogP contribution in [0.5, 0.6) is 0 Å². The number of hydrogen-bond donors (Lipinski definition) is 3. The molecule has 0 aromatic heterocycles. The zero-order valence-electron chi connectivity index (χ0n) is 8.08. The molecule has 12 heavy (non-hydrogen) atoms. The molecule has 0 radical (unpaired) electrons. The van der Waals surface area contributed by atoms with E-state index in [1.807, 2.05) is 0 Å². The van der Waals surface area contributed by atoms with Crippen molar-refractivity contribution in [1.29, 1.82) is 0 Å². The molecule has 0 rings (SSSR count). The normalized spacial score (nSPS) is 13.8. The zero-order valence-corrected chi connectivity index (χ0v) is 8.08. The lowest BCUT2D eigenvalue weighted by molar-refractivity contribution is 0.0935. The highest BCUT2D eigenvalue weighted by Crippen LogP contribution is 2.04. The molecule has 0 saturated heterocycles. The van der Waals surface area contributed by atoms with Crippen LogP contribution in [-0.2, 0) is 0 Å². The Morgan fingerprint density at radius 3 is 2.17 bits per heavy atom. The minimum absolute atomic E-state index is 0.157. The summed E-state index contributed by atoms with van der Waals surface area (Å²) >= 11 is 0. The Bertz CT molecular complexity index is 94.5. The molecule has 0 aliphatic heterocycles. The predicted molar refractivity (Wildman–Crippen MR) is 50.0 cm³/mol. The average molecular weight is 175 g/mol. The van der Waals surface area contributed by atoms with Crippen molar-refractivity contribution >= 4 is 0 Å². The van der Waals surface area contributed by atoms with Crippen LogP contribution in [0.15, 0.2) is 0 Å². The van der Waals surface area contributed by atoms with Gasteiger partial charge >= 0.3 is 0 Å². The Labute approximate surface area is 74.8 Å². The molecular weight excluding hydrogens is 154 g/mol. The van der Waals surface area contributed by atoms with Crippen molar-refractivity contribution in [3.05, 3.63) is 0 Å². The van der Waals surface area contributed by atoms with Gasteiger partial charge in [0.1, 0.15) is 0 Å². The lowest BCUT2D eigenvalue weighted by Crippen LogP contribution is -2.32. The van der Waals surface area contributed by atoms with Gasteiger partial charge in [-0.2, -0.15) is 0 Å². The molecule has 0 bridgehead atoms. The van der Waals surface area contributed by atoms with Crippen LogP contribution in [0.3, 0.4) is 0 Å². The number of aliphatic hydroxyl groups excluding tert-OH is 2. The van der Waals surface area contributed by atoms with Gasteiger partial charge in [0.05, 0.1) is 12.7 Å². The second-order valence-corrected chi connectivity index (χ2v) is 3.18. The van der Waals surface area contributed by atoms with Crippen LogP contribution in [0.4, 0.5) is 0 Å². The highest BCUT2D eigenvalue weighted by atomic mass is 16.3. The minimum atomic E-state index is -0.612. The SMILES string of the molecule is CCC(CC)CNC[C@H](O)CO. The van der Waals surface area contributed by atoms with Crippen LogP contribution in [0.2, 0.25) is 0 Å². The van der Waals surface area contributed by atoms with E-state index in [0.29, 0.717) is 12.5 Å². The van der Waals surface area contributed by atoms with Crippen molar-refractivity contribution in [2.45, 2.75) is 32.8 Å². The van der Waals surface area contributed by atoms with Crippen LogP contribution in [-0.4, -0.2) is 36.0 Å². The van der Waals surface area contributed by atoms with Crippen LogP contribution in [0.25, 0.3) is 0 Å². The molecule has 1 atom stereocenters. The van der Waals surface area contributed by atoms with Crippen LogP contribution in [0, 0.1) is 5.92 Å². The standard InChI is InChI=1S/C9H21NO2/c1-3-8(4-2)5-10-6-9(12)7-11/h8-12H,3-7H2,1-2H3/t9-/m0/s1. The predicted octanol–water partition coefficient (Wildman–Crippen LogP) is 0.365. The first-order valence-corrected chi connectivity index (χ1v) is 4.74. The van der Waals surface area contributed by atoms with E-state index in [0.717, 1.165) is 6.54 Å². The Hall–Kier alpha value is -0.120. The fourth-order valence-corrected chi connectivity index (χ4v) is 1.10. The van der Waals surface area contributed by atoms with Gasteiger partial charge in [0.2, 0.25) is 0 Å². The second kappa shape index (κ2) is 7.53. The van der Waals surface area contributed by atoms with Crippen molar-refractivity contribution in [1.82, 2.24) is 5.32 Å². The molecule has 0 aliphatic carbocycles. The fraction of sp³-hybridized carbons (Fsp3) is 1.00. The van der Waals surface area contributed by atoms with Crippen LogP contribution >= 0.6 is 0 Å². The largest absolute Gasteiger partial charge is 0.394 e. The smallest absolute Gasteiger partial charge is 0.0894 e. The summed E-state index contributed by atoms with van der Waals surface area (Å²) in [6.07, 6.45) is 1.72. The Morgan fingerprint density at radius 1 is 1.17 bits per heavy atom. The van der Waals surface area contributed by atoms with Crippen molar-refractivity contribution in [2.24, 2.45) is 5.92 Å². The van der Waals surface area contributed by atoms with Gasteiger partial charge < -0.3 is 15.5 Å². The van der Waals surface area contributed by atoms with Gasteiger partial charge in [-0.15, -0.1) is 0 Å². The van der Waals surface area contributed by atoms with Gasteiger partial charge in [-0.3, -0.25) is 0 Å². The Kier molecular flexibility index (Phi) is 7.45. The van der Waals surface area contributed by atoms with Gasteiger partial charge in [-0.05, 0) is 12.5 Å². The zero-order chi connectivity index (χ0) is 9.40.